The molecule has 0 heterocycles. The van der Waals surface area contributed by atoms with E-state index in [-0.39, 0.29) is 0 Å². The lowest BCUT2D eigenvalue weighted by molar-refractivity contribution is 1.76. The van der Waals surface area contributed by atoms with Crippen LogP contribution in [0.3, 0.4) is 0 Å². The van der Waals surface area contributed by atoms with Gasteiger partial charge in [0.25, 0.3) is 0 Å². The van der Waals surface area contributed by atoms with E-state index < -0.39 is 4.67 Å². The summed E-state index contributed by atoms with van der Waals surface area (Å²) >= 11 is 7.65. The van der Waals surface area contributed by atoms with Crippen molar-refractivity contribution < 1.29 is 0 Å². The number of benzene rings is 2. The zero-order chi connectivity index (χ0) is 10.7. The fourth-order valence-electron chi connectivity index (χ4n) is 1.38. The van der Waals surface area contributed by atoms with Gasteiger partial charge >= 0.3 is 0 Å². The molecule has 0 radical (unpaired) electrons. The smallest absolute Gasteiger partial charge is 0.0620 e. The molecule has 0 aliphatic carbocycles. The minimum absolute atomic E-state index is 1.30. The second-order valence-corrected chi connectivity index (χ2v) is 14.5. The summed E-state index contributed by atoms with van der Waals surface area (Å²) in [5, 5.41) is 2.60. The standard InChI is InChI=1S/C12H10Br2P/c13-15(14,11-7-3-1-4-8-11)12-9-5-2-6-10-12/h1-10H/q+1. The van der Waals surface area contributed by atoms with E-state index in [1.54, 1.807) is 0 Å². The summed E-state index contributed by atoms with van der Waals surface area (Å²) in [7, 11) is 0. The molecule has 0 aliphatic rings. The van der Waals surface area contributed by atoms with Crippen molar-refractivity contribution in [1.82, 2.24) is 0 Å². The fraction of sp³-hybridized carbons (Fsp3) is 0. The lowest BCUT2D eigenvalue weighted by Crippen LogP contribution is -2.12. The van der Waals surface area contributed by atoms with Gasteiger partial charge in [-0.1, -0.05) is 36.4 Å². The highest BCUT2D eigenvalue weighted by atomic mass is 79.9. The Morgan fingerprint density at radius 1 is 0.600 bits per heavy atom. The first-order chi connectivity index (χ1) is 7.21. The lowest BCUT2D eigenvalue weighted by atomic mass is 10.4. The van der Waals surface area contributed by atoms with E-state index in [0.29, 0.717) is 0 Å². The summed E-state index contributed by atoms with van der Waals surface area (Å²) in [6.07, 6.45) is 0. The molecule has 0 aromatic heterocycles. The fourth-order valence-corrected chi connectivity index (χ4v) is 5.61. The van der Waals surface area contributed by atoms with Crippen molar-refractivity contribution in [2.75, 3.05) is 0 Å². The Morgan fingerprint density at radius 3 is 1.27 bits per heavy atom. The molecule has 0 saturated heterocycles. The van der Waals surface area contributed by atoms with Gasteiger partial charge in [0.2, 0.25) is 4.67 Å². The van der Waals surface area contributed by atoms with Gasteiger partial charge in [-0.15, -0.1) is 0 Å². The number of hydrogen-bond acceptors (Lipinski definition) is 0. The van der Waals surface area contributed by atoms with Crippen LogP contribution >= 0.6 is 35.6 Å². The molecule has 15 heavy (non-hydrogen) atoms. The number of hydrogen-bond donors (Lipinski definition) is 0. The number of halogens is 2. The van der Waals surface area contributed by atoms with Gasteiger partial charge < -0.3 is 0 Å². The van der Waals surface area contributed by atoms with Crippen LogP contribution in [0.25, 0.3) is 0 Å². The Balaban J connectivity index is 2.44. The Kier molecular flexibility index (Phi) is 3.60. The normalized spacial score (nSPS) is 11.3. The molecule has 0 saturated carbocycles. The lowest BCUT2D eigenvalue weighted by Gasteiger charge is -2.10. The van der Waals surface area contributed by atoms with Crippen molar-refractivity contribution in [3.8, 4) is 0 Å². The van der Waals surface area contributed by atoms with Gasteiger partial charge in [-0.2, -0.15) is 0 Å². The highest BCUT2D eigenvalue weighted by Gasteiger charge is 2.38. The van der Waals surface area contributed by atoms with Crippen LogP contribution in [0.2, 0.25) is 0 Å². The first-order valence-corrected chi connectivity index (χ1v) is 10.4. The summed E-state index contributed by atoms with van der Waals surface area (Å²) in [6, 6.07) is 20.9. The minimum Gasteiger partial charge on any atom is -0.0620 e. The van der Waals surface area contributed by atoms with E-state index in [1.165, 1.54) is 10.6 Å². The first-order valence-electron chi connectivity index (χ1n) is 4.61. The molecule has 0 fully saturated rings. The molecule has 2 aromatic carbocycles. The molecule has 0 aliphatic heterocycles. The van der Waals surface area contributed by atoms with Crippen LogP contribution in [0.5, 0.6) is 0 Å². The van der Waals surface area contributed by atoms with Crippen molar-refractivity contribution in [1.29, 1.82) is 0 Å². The topological polar surface area (TPSA) is 0 Å². The second kappa shape index (κ2) is 4.78. The van der Waals surface area contributed by atoms with Gasteiger partial charge in [-0.3, -0.25) is 0 Å². The molecule has 0 N–H and O–H groups in total. The predicted molar refractivity (Wildman–Crippen MR) is 76.9 cm³/mol. The highest BCUT2D eigenvalue weighted by Crippen LogP contribution is 2.70. The Bertz CT molecular complexity index is 384. The molecule has 2 aromatic rings. The molecule has 0 nitrogen and oxygen atoms in total. The summed E-state index contributed by atoms with van der Waals surface area (Å²) in [5.41, 5.74) is 0. The molecule has 0 unspecified atom stereocenters. The van der Waals surface area contributed by atoms with E-state index in [2.05, 4.69) is 79.5 Å². The monoisotopic (exact) mass is 343 g/mol. The quantitative estimate of drug-likeness (QED) is 0.713. The Hall–Kier alpha value is -0.170. The molecule has 3 heteroatoms. The summed E-state index contributed by atoms with van der Waals surface area (Å²) < 4.78 is -1.52. The van der Waals surface area contributed by atoms with Crippen molar-refractivity contribution in [2.24, 2.45) is 0 Å². The van der Waals surface area contributed by atoms with Crippen LogP contribution in [0.4, 0.5) is 0 Å². The van der Waals surface area contributed by atoms with Crippen LogP contribution < -0.4 is 10.6 Å². The third-order valence-corrected chi connectivity index (χ3v) is 8.97. The molecule has 0 amide bonds. The van der Waals surface area contributed by atoms with Gasteiger partial charge in [0.15, 0.2) is 31.0 Å². The SMILES string of the molecule is Br[P+](Br)(c1ccccc1)c1ccccc1. The summed E-state index contributed by atoms with van der Waals surface area (Å²) in [5.74, 6) is 0. The molecule has 0 bridgehead atoms. The van der Waals surface area contributed by atoms with Crippen LogP contribution in [0.1, 0.15) is 0 Å². The Labute approximate surface area is 107 Å². The second-order valence-electron chi connectivity index (χ2n) is 3.18. The van der Waals surface area contributed by atoms with E-state index >= 15 is 0 Å². The molecule has 76 valence electrons. The van der Waals surface area contributed by atoms with Gasteiger partial charge in [-0.05, 0) is 24.3 Å². The van der Waals surface area contributed by atoms with Crippen molar-refractivity contribution >= 4 is 46.3 Å². The summed E-state index contributed by atoms with van der Waals surface area (Å²) in [6.45, 7) is 0. The third kappa shape index (κ3) is 2.50. The first kappa shape index (κ1) is 11.3. The summed E-state index contributed by atoms with van der Waals surface area (Å²) in [4.78, 5) is 0. The Morgan fingerprint density at radius 2 is 0.933 bits per heavy atom. The van der Waals surface area contributed by atoms with Crippen molar-refractivity contribution in [3.05, 3.63) is 60.7 Å². The maximum atomic E-state index is 3.83. The van der Waals surface area contributed by atoms with Crippen LogP contribution in [0, 0.1) is 0 Å². The zero-order valence-electron chi connectivity index (χ0n) is 7.98. The van der Waals surface area contributed by atoms with Crippen LogP contribution in [-0.4, -0.2) is 0 Å². The minimum atomic E-state index is -1.52. The largest absolute Gasteiger partial charge is 0.217 e. The van der Waals surface area contributed by atoms with Crippen molar-refractivity contribution in [3.63, 3.8) is 0 Å². The maximum Gasteiger partial charge on any atom is 0.217 e. The molecule has 0 spiro atoms. The van der Waals surface area contributed by atoms with Crippen LogP contribution in [-0.2, 0) is 0 Å². The third-order valence-electron chi connectivity index (χ3n) is 2.16. The average Bonchev–Trinajstić information content (AvgIpc) is 2.31. The van der Waals surface area contributed by atoms with E-state index in [0.717, 1.165) is 0 Å². The molecular weight excluding hydrogens is 335 g/mol. The van der Waals surface area contributed by atoms with Gasteiger partial charge in [0.1, 0.15) is 10.6 Å². The maximum absolute atomic E-state index is 3.83. The molecular formula is C12H10Br2P+. The van der Waals surface area contributed by atoms with Gasteiger partial charge in [-0.25, -0.2) is 0 Å². The zero-order valence-corrected chi connectivity index (χ0v) is 12.0. The molecule has 2 rings (SSSR count). The van der Waals surface area contributed by atoms with Gasteiger partial charge in [0, 0.05) is 0 Å². The van der Waals surface area contributed by atoms with E-state index in [4.69, 9.17) is 0 Å². The van der Waals surface area contributed by atoms with Crippen LogP contribution in [0.15, 0.2) is 60.7 Å². The van der Waals surface area contributed by atoms with Crippen molar-refractivity contribution in [2.45, 2.75) is 0 Å². The molecule has 0 atom stereocenters. The average molecular weight is 345 g/mol. The van der Waals surface area contributed by atoms with E-state index in [9.17, 15) is 0 Å². The number of rotatable bonds is 2. The van der Waals surface area contributed by atoms with E-state index in [1.807, 2.05) is 12.1 Å². The predicted octanol–water partition coefficient (Wildman–Crippen LogP) is 4.27. The van der Waals surface area contributed by atoms with Gasteiger partial charge in [0.05, 0.1) is 0 Å². The highest BCUT2D eigenvalue weighted by molar-refractivity contribution is 9.74.